The van der Waals surface area contributed by atoms with Crippen molar-refractivity contribution in [1.82, 2.24) is 10.3 Å². The number of thiazole rings is 1. The molecule has 0 aromatic carbocycles. The Kier molecular flexibility index (Phi) is 5.11. The van der Waals surface area contributed by atoms with Crippen molar-refractivity contribution in [3.8, 4) is 0 Å². The van der Waals surface area contributed by atoms with Gasteiger partial charge in [0.25, 0.3) is 0 Å². The van der Waals surface area contributed by atoms with Gasteiger partial charge in [-0.1, -0.05) is 39.0 Å². The summed E-state index contributed by atoms with van der Waals surface area (Å²) < 4.78 is 0. The molecule has 0 radical (unpaired) electrons. The van der Waals surface area contributed by atoms with Gasteiger partial charge in [0.2, 0.25) is 0 Å². The fourth-order valence-corrected chi connectivity index (χ4v) is 4.37. The van der Waals surface area contributed by atoms with Crippen molar-refractivity contribution in [1.29, 1.82) is 0 Å². The summed E-state index contributed by atoms with van der Waals surface area (Å²) in [5.74, 6) is 0. The van der Waals surface area contributed by atoms with Crippen LogP contribution in [0.2, 0.25) is 0 Å². The zero-order valence-corrected chi connectivity index (χ0v) is 13.6. The molecule has 20 heavy (non-hydrogen) atoms. The minimum atomic E-state index is 0.541. The van der Waals surface area contributed by atoms with Crippen LogP contribution < -0.4 is 5.32 Å². The molecule has 0 aliphatic heterocycles. The van der Waals surface area contributed by atoms with Gasteiger partial charge < -0.3 is 5.32 Å². The van der Waals surface area contributed by atoms with E-state index >= 15 is 0 Å². The fourth-order valence-electron chi connectivity index (χ4n) is 3.12. The van der Waals surface area contributed by atoms with E-state index in [1.807, 2.05) is 11.3 Å². The molecule has 0 bridgehead atoms. The highest BCUT2D eigenvalue weighted by molar-refractivity contribution is 7.11. The predicted molar refractivity (Wildman–Crippen MR) is 86.4 cm³/mol. The van der Waals surface area contributed by atoms with E-state index in [2.05, 4.69) is 12.2 Å². The first kappa shape index (κ1) is 14.5. The Morgan fingerprint density at radius 2 is 2.05 bits per heavy atom. The van der Waals surface area contributed by atoms with Crippen LogP contribution in [0, 0.1) is 0 Å². The van der Waals surface area contributed by atoms with Crippen LogP contribution in [-0.4, -0.2) is 11.0 Å². The van der Waals surface area contributed by atoms with Gasteiger partial charge in [0, 0.05) is 10.9 Å². The molecule has 1 aromatic rings. The lowest BCUT2D eigenvalue weighted by molar-refractivity contribution is 0.463. The lowest BCUT2D eigenvalue weighted by Crippen LogP contribution is -2.23. The van der Waals surface area contributed by atoms with E-state index in [1.165, 1.54) is 81.3 Å². The molecular weight excluding hydrogens is 264 g/mol. The van der Waals surface area contributed by atoms with Gasteiger partial charge in [-0.25, -0.2) is 4.98 Å². The largest absolute Gasteiger partial charge is 0.305 e. The summed E-state index contributed by atoms with van der Waals surface area (Å²) in [4.78, 5) is 6.52. The Hall–Kier alpha value is -0.410. The molecule has 1 heterocycles. The zero-order chi connectivity index (χ0) is 13.8. The van der Waals surface area contributed by atoms with Gasteiger partial charge in [-0.05, 0) is 38.5 Å². The Balaban J connectivity index is 1.54. The Bertz CT molecular complexity index is 401. The molecular formula is C17H28N2S. The summed E-state index contributed by atoms with van der Waals surface area (Å²) in [5, 5.41) is 5.22. The number of hydrogen-bond acceptors (Lipinski definition) is 3. The maximum atomic E-state index is 4.94. The smallest absolute Gasteiger partial charge is 0.110 e. The molecule has 0 amide bonds. The Morgan fingerprint density at radius 3 is 2.80 bits per heavy atom. The summed E-state index contributed by atoms with van der Waals surface area (Å²) in [7, 11) is 0. The highest BCUT2D eigenvalue weighted by atomic mass is 32.1. The summed E-state index contributed by atoms with van der Waals surface area (Å²) in [6, 6.07) is 1.33. The van der Waals surface area contributed by atoms with Gasteiger partial charge >= 0.3 is 0 Å². The molecule has 3 heteroatoms. The van der Waals surface area contributed by atoms with E-state index in [0.29, 0.717) is 6.04 Å². The van der Waals surface area contributed by atoms with E-state index in [9.17, 15) is 0 Å². The number of aromatic nitrogens is 1. The van der Waals surface area contributed by atoms with Gasteiger partial charge in [0.1, 0.15) is 5.01 Å². The van der Waals surface area contributed by atoms with Gasteiger partial charge in [0.05, 0.1) is 11.7 Å². The molecule has 2 aliphatic rings. The van der Waals surface area contributed by atoms with Gasteiger partial charge in [0.15, 0.2) is 0 Å². The molecule has 1 aromatic heterocycles. The van der Waals surface area contributed by atoms with Crippen molar-refractivity contribution >= 4 is 11.3 Å². The molecule has 0 spiro atoms. The van der Waals surface area contributed by atoms with Crippen LogP contribution >= 0.6 is 11.3 Å². The number of hydrogen-bond donors (Lipinski definition) is 1. The standard InChI is InChI=1S/C17H28N2S/c1-2-3-4-5-6-8-15(18-13-11-12-13)17-19-14-9-7-10-16(14)20-17/h13,15,18H,2-12H2,1H3. The topological polar surface area (TPSA) is 24.9 Å². The molecule has 3 rings (SSSR count). The molecule has 1 fully saturated rings. The average molecular weight is 292 g/mol. The van der Waals surface area contributed by atoms with Gasteiger partial charge in [-0.15, -0.1) is 11.3 Å². The first-order chi connectivity index (χ1) is 9.86. The summed E-state index contributed by atoms with van der Waals surface area (Å²) in [6.07, 6.45) is 14.7. The molecule has 112 valence electrons. The van der Waals surface area contributed by atoms with Crippen LogP contribution in [0.5, 0.6) is 0 Å². The number of rotatable bonds is 9. The van der Waals surface area contributed by atoms with Crippen molar-refractivity contribution in [3.05, 3.63) is 15.6 Å². The second kappa shape index (κ2) is 7.04. The lowest BCUT2D eigenvalue weighted by atomic mass is 10.1. The lowest BCUT2D eigenvalue weighted by Gasteiger charge is -2.16. The van der Waals surface area contributed by atoms with Crippen molar-refractivity contribution in [3.63, 3.8) is 0 Å². The van der Waals surface area contributed by atoms with Crippen molar-refractivity contribution in [2.75, 3.05) is 0 Å². The normalized spacial score (nSPS) is 19.2. The van der Waals surface area contributed by atoms with Gasteiger partial charge in [-0.2, -0.15) is 0 Å². The maximum Gasteiger partial charge on any atom is 0.110 e. The Morgan fingerprint density at radius 1 is 1.20 bits per heavy atom. The quantitative estimate of drug-likeness (QED) is 0.662. The van der Waals surface area contributed by atoms with Crippen molar-refractivity contribution < 1.29 is 0 Å². The summed E-state index contributed by atoms with van der Waals surface area (Å²) in [6.45, 7) is 2.29. The number of aryl methyl sites for hydroxylation is 2. The molecule has 1 N–H and O–H groups in total. The zero-order valence-electron chi connectivity index (χ0n) is 12.8. The fraction of sp³-hybridized carbons (Fsp3) is 0.824. The Labute approximate surface area is 127 Å². The molecule has 0 saturated heterocycles. The monoisotopic (exact) mass is 292 g/mol. The number of unbranched alkanes of at least 4 members (excludes halogenated alkanes) is 4. The number of fused-ring (bicyclic) bond motifs is 1. The van der Waals surface area contributed by atoms with Crippen LogP contribution in [0.4, 0.5) is 0 Å². The van der Waals surface area contributed by atoms with Crippen LogP contribution in [-0.2, 0) is 12.8 Å². The summed E-state index contributed by atoms with van der Waals surface area (Å²) >= 11 is 1.99. The minimum Gasteiger partial charge on any atom is -0.305 e. The third-order valence-electron chi connectivity index (χ3n) is 4.52. The van der Waals surface area contributed by atoms with Crippen LogP contribution in [0.3, 0.4) is 0 Å². The third kappa shape index (κ3) is 3.82. The first-order valence-electron chi connectivity index (χ1n) is 8.61. The number of nitrogens with one attached hydrogen (secondary N) is 1. The highest BCUT2D eigenvalue weighted by Crippen LogP contribution is 2.34. The van der Waals surface area contributed by atoms with Crippen LogP contribution in [0.15, 0.2) is 0 Å². The summed E-state index contributed by atoms with van der Waals surface area (Å²) in [5.41, 5.74) is 1.42. The van der Waals surface area contributed by atoms with Crippen LogP contribution in [0.25, 0.3) is 0 Å². The molecule has 2 nitrogen and oxygen atoms in total. The SMILES string of the molecule is CCCCCCCC(NC1CC1)c1nc2c(s1)CCC2. The number of nitrogens with zero attached hydrogens (tertiary/aromatic N) is 1. The second-order valence-corrected chi connectivity index (χ2v) is 7.59. The minimum absolute atomic E-state index is 0.541. The molecule has 1 saturated carbocycles. The maximum absolute atomic E-state index is 4.94. The first-order valence-corrected chi connectivity index (χ1v) is 9.43. The van der Waals surface area contributed by atoms with E-state index in [-0.39, 0.29) is 0 Å². The van der Waals surface area contributed by atoms with E-state index < -0.39 is 0 Å². The molecule has 1 atom stereocenters. The predicted octanol–water partition coefficient (Wildman–Crippen LogP) is 4.79. The van der Waals surface area contributed by atoms with Crippen molar-refractivity contribution in [2.24, 2.45) is 0 Å². The molecule has 1 unspecified atom stereocenters. The van der Waals surface area contributed by atoms with Crippen molar-refractivity contribution in [2.45, 2.75) is 89.6 Å². The van der Waals surface area contributed by atoms with E-state index in [0.717, 1.165) is 6.04 Å². The third-order valence-corrected chi connectivity index (χ3v) is 5.79. The average Bonchev–Trinajstić information content (AvgIpc) is 2.99. The van der Waals surface area contributed by atoms with E-state index in [1.54, 1.807) is 4.88 Å². The van der Waals surface area contributed by atoms with Gasteiger partial charge in [-0.3, -0.25) is 0 Å². The van der Waals surface area contributed by atoms with Crippen LogP contribution in [0.1, 0.15) is 86.3 Å². The second-order valence-electron chi connectivity index (χ2n) is 6.47. The highest BCUT2D eigenvalue weighted by Gasteiger charge is 2.28. The molecule has 2 aliphatic carbocycles. The van der Waals surface area contributed by atoms with E-state index in [4.69, 9.17) is 4.98 Å².